The summed E-state index contributed by atoms with van der Waals surface area (Å²) in [5.74, 6) is -7.11. The molecule has 1 saturated heterocycles. The second kappa shape index (κ2) is 26.8. The predicted octanol–water partition coefficient (Wildman–Crippen LogP) is 0.862. The van der Waals surface area contributed by atoms with Crippen molar-refractivity contribution in [1.82, 2.24) is 47.5 Å². The smallest absolute Gasteiger partial charge is 0.269 e. The summed E-state index contributed by atoms with van der Waals surface area (Å²) in [5.41, 5.74) is 7.04. The molecule has 1 aromatic heterocycles. The van der Waals surface area contributed by atoms with Gasteiger partial charge < -0.3 is 48.3 Å². The van der Waals surface area contributed by atoms with Gasteiger partial charge in [0.05, 0.1) is 0 Å². The van der Waals surface area contributed by atoms with Crippen LogP contribution < -0.4 is 48.3 Å². The zero-order valence-electron chi connectivity index (χ0n) is 39.3. The normalized spacial score (nSPS) is 22.6. The number of carbonyl (C=O) groups excluding carboxylic acids is 9. The second-order valence-electron chi connectivity index (χ2n) is 17.7. The third-order valence-corrected chi connectivity index (χ3v) is 11.2. The Hall–Kier alpha value is -7.18. The minimum absolute atomic E-state index is 0.00735. The summed E-state index contributed by atoms with van der Waals surface area (Å²) < 4.78 is 0. The lowest BCUT2D eigenvalue weighted by atomic mass is 9.98. The first kappa shape index (κ1) is 53.4. The zero-order chi connectivity index (χ0) is 49.8. The van der Waals surface area contributed by atoms with E-state index in [1.807, 2.05) is 13.8 Å². The van der Waals surface area contributed by atoms with Gasteiger partial charge in [0.1, 0.15) is 48.0 Å². The van der Waals surface area contributed by atoms with E-state index in [-0.39, 0.29) is 56.7 Å². The van der Waals surface area contributed by atoms with Gasteiger partial charge in [-0.1, -0.05) is 94.4 Å². The molecule has 1 aliphatic rings. The van der Waals surface area contributed by atoms with Gasteiger partial charge >= 0.3 is 0 Å². The van der Waals surface area contributed by atoms with Crippen LogP contribution in [0.1, 0.15) is 94.8 Å². The van der Waals surface area contributed by atoms with Crippen molar-refractivity contribution < 1.29 is 43.2 Å². The number of benzene rings is 2. The van der Waals surface area contributed by atoms with Gasteiger partial charge in [0, 0.05) is 32.0 Å². The summed E-state index contributed by atoms with van der Waals surface area (Å²) >= 11 is 0. The van der Waals surface area contributed by atoms with Crippen molar-refractivity contribution >= 4 is 53.2 Å². The first-order chi connectivity index (χ1) is 32.4. The monoisotopic (exact) mass is 939 g/mol. The van der Waals surface area contributed by atoms with E-state index in [2.05, 4.69) is 47.5 Å². The van der Waals surface area contributed by atoms with E-state index in [1.54, 1.807) is 92.7 Å². The number of nitrogens with zero attached hydrogens (tertiary/aromatic N) is 1. The van der Waals surface area contributed by atoms with Gasteiger partial charge in [-0.25, -0.2) is 0 Å². The van der Waals surface area contributed by atoms with Gasteiger partial charge in [0.25, 0.3) is 5.91 Å². The molecule has 1 aliphatic heterocycles. The molecule has 19 nitrogen and oxygen atoms in total. The highest BCUT2D eigenvalue weighted by Gasteiger charge is 2.36. The molecule has 2 aromatic carbocycles. The number of carbonyl (C=O) groups is 9. The minimum Gasteiger partial charge on any atom is -0.370 e. The summed E-state index contributed by atoms with van der Waals surface area (Å²) in [6.07, 6.45) is 1.68. The highest BCUT2D eigenvalue weighted by atomic mass is 16.2. The largest absolute Gasteiger partial charge is 0.370 e. The molecule has 9 amide bonds. The summed E-state index contributed by atoms with van der Waals surface area (Å²) in [6, 6.07) is 13.7. The van der Waals surface area contributed by atoms with E-state index < -0.39 is 101 Å². The molecule has 19 heteroatoms. The SMILES string of the molecule is CC(C)C[C@@H]1NC(=O)[C@H](CCCCNC(=O)c2ccccn2)NC(=O)[C@H](CCC(N)=O)NC(=O)[C@H](C)NC(=O)[C@H](Cc2ccccc2)NC(=O)[C@@H](Cc2ccccc2)NC(=O)[C@H](C(C)C)NC1=O. The van der Waals surface area contributed by atoms with Gasteiger partial charge in [-0.15, -0.1) is 0 Å². The fourth-order valence-corrected chi connectivity index (χ4v) is 7.45. The maximum Gasteiger partial charge on any atom is 0.269 e. The van der Waals surface area contributed by atoms with E-state index >= 15 is 0 Å². The molecule has 68 heavy (non-hydrogen) atoms. The number of amides is 9. The van der Waals surface area contributed by atoms with Crippen LogP contribution in [0.15, 0.2) is 85.1 Å². The maximum absolute atomic E-state index is 14.3. The number of hydrogen-bond donors (Lipinski definition) is 9. The molecule has 0 aliphatic carbocycles. The quantitative estimate of drug-likeness (QED) is 0.0914. The van der Waals surface area contributed by atoms with Crippen molar-refractivity contribution in [2.45, 2.75) is 128 Å². The predicted molar refractivity (Wildman–Crippen MR) is 253 cm³/mol. The molecule has 10 N–H and O–H groups in total. The first-order valence-corrected chi connectivity index (χ1v) is 23.1. The number of nitrogens with two attached hydrogens (primary N) is 1. The number of rotatable bonds is 16. The fourth-order valence-electron chi connectivity index (χ4n) is 7.45. The van der Waals surface area contributed by atoms with Gasteiger partial charge in [0.15, 0.2) is 0 Å². The highest BCUT2D eigenvalue weighted by molar-refractivity contribution is 5.99. The maximum atomic E-state index is 14.3. The Morgan fingerprint density at radius 2 is 1.06 bits per heavy atom. The lowest BCUT2D eigenvalue weighted by Crippen LogP contribution is -2.61. The standard InChI is InChI=1S/C49H66N10O9/c1-29(2)26-37-48(67)59-41(30(3)4)49(68)58-39(28-33-18-10-7-11-19-33)47(66)57-38(27-32-16-8-6-9-17-32)46(65)53-31(5)42(61)54-36(22-23-40(50)60)45(64)55-35(44(63)56-37)21-13-15-25-52-43(62)34-20-12-14-24-51-34/h6-12,14,16-20,24,29-31,35-39,41H,13,15,21-23,25-28H2,1-5H3,(H2,50,60)(H,52,62)(H,53,65)(H,54,61)(H,55,64)(H,56,63)(H,57,66)(H,58,68)(H,59,67)/t31-,35-,36-,37-,38-,39+,41-/m0/s1. The number of unbranched alkanes of at least 4 members (excludes halogenated alkanes) is 1. The summed E-state index contributed by atoms with van der Waals surface area (Å²) in [7, 11) is 0. The molecular weight excluding hydrogens is 873 g/mol. The molecule has 4 rings (SSSR count). The third-order valence-electron chi connectivity index (χ3n) is 11.2. The average Bonchev–Trinajstić information content (AvgIpc) is 3.30. The van der Waals surface area contributed by atoms with Crippen molar-refractivity contribution in [3.05, 3.63) is 102 Å². The van der Waals surface area contributed by atoms with Gasteiger partial charge in [-0.3, -0.25) is 48.1 Å². The average molecular weight is 939 g/mol. The van der Waals surface area contributed by atoms with Crippen molar-refractivity contribution in [2.75, 3.05) is 6.54 Å². The Balaban J connectivity index is 1.73. The lowest BCUT2D eigenvalue weighted by Gasteiger charge is -2.29. The molecule has 0 radical (unpaired) electrons. The number of primary amides is 1. The van der Waals surface area contributed by atoms with Crippen LogP contribution in [0.5, 0.6) is 0 Å². The summed E-state index contributed by atoms with van der Waals surface area (Å²) in [6.45, 7) is 8.69. The Morgan fingerprint density at radius 1 is 0.574 bits per heavy atom. The number of pyridine rings is 1. The van der Waals surface area contributed by atoms with Crippen molar-refractivity contribution in [1.29, 1.82) is 0 Å². The van der Waals surface area contributed by atoms with E-state index in [1.165, 1.54) is 13.1 Å². The third kappa shape index (κ3) is 17.6. The van der Waals surface area contributed by atoms with Crippen LogP contribution in [-0.4, -0.2) is 107 Å². The highest BCUT2D eigenvalue weighted by Crippen LogP contribution is 2.13. The van der Waals surface area contributed by atoms with E-state index in [0.717, 1.165) is 0 Å². The van der Waals surface area contributed by atoms with Crippen molar-refractivity contribution in [3.8, 4) is 0 Å². The van der Waals surface area contributed by atoms with Crippen LogP contribution in [0.2, 0.25) is 0 Å². The molecular formula is C49H66N10O9. The van der Waals surface area contributed by atoms with Crippen LogP contribution in [0.3, 0.4) is 0 Å². The Morgan fingerprint density at radius 3 is 1.60 bits per heavy atom. The Bertz CT molecular complexity index is 2190. The van der Waals surface area contributed by atoms with Gasteiger partial charge in [-0.2, -0.15) is 0 Å². The van der Waals surface area contributed by atoms with Crippen LogP contribution in [0, 0.1) is 11.8 Å². The van der Waals surface area contributed by atoms with E-state index in [4.69, 9.17) is 5.73 Å². The second-order valence-corrected chi connectivity index (χ2v) is 17.7. The zero-order valence-corrected chi connectivity index (χ0v) is 39.3. The molecule has 0 saturated carbocycles. The lowest BCUT2D eigenvalue weighted by molar-refractivity contribution is -0.136. The number of aromatic nitrogens is 1. The van der Waals surface area contributed by atoms with E-state index in [0.29, 0.717) is 24.0 Å². The van der Waals surface area contributed by atoms with Crippen LogP contribution in [0.25, 0.3) is 0 Å². The van der Waals surface area contributed by atoms with Crippen LogP contribution in [0.4, 0.5) is 0 Å². The Labute approximate surface area is 397 Å². The molecule has 1 fully saturated rings. The molecule has 0 bridgehead atoms. The molecule has 366 valence electrons. The molecule has 2 heterocycles. The fraction of sp³-hybridized carbons (Fsp3) is 0.469. The number of nitrogens with one attached hydrogen (secondary N) is 8. The van der Waals surface area contributed by atoms with Crippen LogP contribution >= 0.6 is 0 Å². The van der Waals surface area contributed by atoms with Crippen molar-refractivity contribution in [3.63, 3.8) is 0 Å². The molecule has 0 unspecified atom stereocenters. The van der Waals surface area contributed by atoms with Gasteiger partial charge in [-0.05, 0) is 74.1 Å². The Kier molecular flexibility index (Phi) is 21.1. The summed E-state index contributed by atoms with van der Waals surface area (Å²) in [4.78, 5) is 128. The molecule has 3 aromatic rings. The number of hydrogen-bond acceptors (Lipinski definition) is 10. The van der Waals surface area contributed by atoms with Crippen molar-refractivity contribution in [2.24, 2.45) is 17.6 Å². The minimum atomic E-state index is -1.42. The van der Waals surface area contributed by atoms with Crippen LogP contribution in [-0.2, 0) is 51.2 Å². The van der Waals surface area contributed by atoms with E-state index in [9.17, 15) is 43.2 Å². The topological polar surface area (TPSA) is 289 Å². The van der Waals surface area contributed by atoms with Gasteiger partial charge in [0.2, 0.25) is 47.3 Å². The first-order valence-electron chi connectivity index (χ1n) is 23.1. The molecule has 7 atom stereocenters. The summed E-state index contributed by atoms with van der Waals surface area (Å²) in [5, 5.41) is 21.8. The molecule has 0 spiro atoms.